The average Bonchev–Trinajstić information content (AvgIpc) is 3.26. The smallest absolute Gasteiger partial charge is 0.260 e. The number of fused-ring (bicyclic) bond motifs is 4. The summed E-state index contributed by atoms with van der Waals surface area (Å²) in [5.41, 5.74) is 11.4. The van der Waals surface area contributed by atoms with E-state index in [1.165, 1.54) is 5.56 Å². The van der Waals surface area contributed by atoms with Crippen LogP contribution in [0.5, 0.6) is 0 Å². The highest BCUT2D eigenvalue weighted by atomic mass is 16.2. The number of carbonyl (C=O) groups is 3. The van der Waals surface area contributed by atoms with Crippen LogP contribution in [0.15, 0.2) is 71.7 Å². The highest BCUT2D eigenvalue weighted by molar-refractivity contribution is 6.24. The van der Waals surface area contributed by atoms with Crippen molar-refractivity contribution in [2.75, 3.05) is 23.8 Å². The number of amides is 3. The van der Waals surface area contributed by atoms with Gasteiger partial charge in [-0.05, 0) is 75.2 Å². The number of carbonyl (C=O) groups excluding carboxylic acids is 3. The molecule has 0 radical (unpaired) electrons. The lowest BCUT2D eigenvalue weighted by molar-refractivity contribution is -0.127. The molecule has 2 atom stereocenters. The number of aryl methyl sites for hydroxylation is 1. The molecule has 3 amide bonds. The fourth-order valence-electron chi connectivity index (χ4n) is 5.10. The number of unbranched alkanes of at least 4 members (excludes halogenated alkanes) is 1. The van der Waals surface area contributed by atoms with E-state index in [1.54, 1.807) is 17.9 Å². The Balaban J connectivity index is 1.18. The first kappa shape index (κ1) is 29.0. The van der Waals surface area contributed by atoms with Crippen molar-refractivity contribution in [3.05, 3.63) is 89.0 Å². The molecule has 0 spiro atoms. The van der Waals surface area contributed by atoms with E-state index in [9.17, 15) is 14.4 Å². The number of nitrogens with zero attached hydrogens (tertiary/aromatic N) is 2. The number of rotatable bonds is 12. The predicted octanol–water partition coefficient (Wildman–Crippen LogP) is 3.64. The summed E-state index contributed by atoms with van der Waals surface area (Å²) in [4.78, 5) is 45.5. The lowest BCUT2D eigenvalue weighted by Gasteiger charge is -2.24. The van der Waals surface area contributed by atoms with E-state index in [4.69, 9.17) is 10.7 Å². The molecule has 3 aromatic rings. The molecule has 0 aromatic heterocycles. The Hall–Kier alpha value is -4.54. The van der Waals surface area contributed by atoms with Gasteiger partial charge in [-0.1, -0.05) is 42.3 Å². The molecule has 42 heavy (non-hydrogen) atoms. The summed E-state index contributed by atoms with van der Waals surface area (Å²) in [5.74, 6) is -0.0179. The molecule has 2 heterocycles. The number of hydrogen-bond donors (Lipinski definition) is 5. The Kier molecular flexibility index (Phi) is 8.94. The SMILES string of the molecule is Cc1ccc(NCN[C@@H](CCCCN)C(=O)NC(C)C(=O)Nc2ccc3c(c2)CN2C(=O)c4ccccc4C2=N3)cc1. The van der Waals surface area contributed by atoms with Gasteiger partial charge in [0.05, 0.1) is 30.5 Å². The summed E-state index contributed by atoms with van der Waals surface area (Å²) in [5, 5.41) is 12.3. The van der Waals surface area contributed by atoms with Crippen LogP contribution in [-0.2, 0) is 16.1 Å². The first-order valence-corrected chi connectivity index (χ1v) is 14.3. The molecule has 0 saturated heterocycles. The van der Waals surface area contributed by atoms with Crippen LogP contribution >= 0.6 is 0 Å². The third-order valence-corrected chi connectivity index (χ3v) is 7.51. The van der Waals surface area contributed by atoms with Gasteiger partial charge in [-0.2, -0.15) is 0 Å². The Morgan fingerprint density at radius 2 is 1.71 bits per heavy atom. The maximum Gasteiger partial charge on any atom is 0.260 e. The predicted molar refractivity (Wildman–Crippen MR) is 165 cm³/mol. The molecule has 0 saturated carbocycles. The van der Waals surface area contributed by atoms with Crippen LogP contribution in [0.4, 0.5) is 17.1 Å². The van der Waals surface area contributed by atoms with Crippen LogP contribution in [-0.4, -0.2) is 53.8 Å². The van der Waals surface area contributed by atoms with E-state index in [0.717, 1.165) is 35.3 Å². The number of hydrogen-bond acceptors (Lipinski definition) is 7. The monoisotopic (exact) mass is 567 g/mol. The molecule has 0 fully saturated rings. The van der Waals surface area contributed by atoms with E-state index < -0.39 is 12.1 Å². The summed E-state index contributed by atoms with van der Waals surface area (Å²) < 4.78 is 0. The van der Waals surface area contributed by atoms with Gasteiger partial charge in [-0.3, -0.25) is 24.6 Å². The van der Waals surface area contributed by atoms with Gasteiger partial charge in [0.1, 0.15) is 11.9 Å². The molecule has 1 unspecified atom stereocenters. The summed E-state index contributed by atoms with van der Waals surface area (Å²) >= 11 is 0. The minimum absolute atomic E-state index is 0.0792. The molecule has 10 heteroatoms. The number of anilines is 2. The minimum atomic E-state index is -0.767. The van der Waals surface area contributed by atoms with Gasteiger partial charge in [-0.15, -0.1) is 0 Å². The second-order valence-electron chi connectivity index (χ2n) is 10.7. The Morgan fingerprint density at radius 1 is 0.976 bits per heavy atom. The van der Waals surface area contributed by atoms with E-state index >= 15 is 0 Å². The van der Waals surface area contributed by atoms with Gasteiger partial charge in [-0.25, -0.2) is 4.99 Å². The number of benzene rings is 3. The van der Waals surface area contributed by atoms with Crippen molar-refractivity contribution in [2.24, 2.45) is 10.7 Å². The van der Waals surface area contributed by atoms with Crippen LogP contribution in [0.3, 0.4) is 0 Å². The second kappa shape index (κ2) is 13.0. The van der Waals surface area contributed by atoms with Gasteiger partial charge in [0.15, 0.2) is 0 Å². The van der Waals surface area contributed by atoms with Gasteiger partial charge < -0.3 is 21.7 Å². The van der Waals surface area contributed by atoms with Crippen molar-refractivity contribution < 1.29 is 14.4 Å². The van der Waals surface area contributed by atoms with Gasteiger partial charge >= 0.3 is 0 Å². The van der Waals surface area contributed by atoms with E-state index in [0.29, 0.717) is 43.3 Å². The lowest BCUT2D eigenvalue weighted by atomic mass is 10.1. The Labute approximate surface area is 245 Å². The van der Waals surface area contributed by atoms with Gasteiger partial charge in [0, 0.05) is 16.9 Å². The van der Waals surface area contributed by atoms with Crippen LogP contribution in [0.25, 0.3) is 0 Å². The normalized spacial score (nSPS) is 14.7. The zero-order chi connectivity index (χ0) is 29.6. The third-order valence-electron chi connectivity index (χ3n) is 7.51. The Morgan fingerprint density at radius 3 is 2.48 bits per heavy atom. The molecule has 3 aromatic carbocycles. The first-order chi connectivity index (χ1) is 20.3. The van der Waals surface area contributed by atoms with E-state index in [1.807, 2.05) is 67.6 Å². The van der Waals surface area contributed by atoms with Crippen molar-refractivity contribution in [1.29, 1.82) is 0 Å². The average molecular weight is 568 g/mol. The summed E-state index contributed by atoms with van der Waals surface area (Å²) in [6.07, 6.45) is 2.20. The van der Waals surface area contributed by atoms with Crippen molar-refractivity contribution >= 4 is 40.6 Å². The van der Waals surface area contributed by atoms with E-state index in [-0.39, 0.29) is 17.7 Å². The molecule has 2 aliphatic rings. The topological polar surface area (TPSA) is 141 Å². The molecule has 0 aliphatic carbocycles. The van der Waals surface area contributed by atoms with Crippen LogP contribution in [0, 0.1) is 6.92 Å². The summed E-state index contributed by atoms with van der Waals surface area (Å²) in [6.45, 7) is 5.01. The maximum absolute atomic E-state index is 13.1. The molecular weight excluding hydrogens is 530 g/mol. The largest absolute Gasteiger partial charge is 0.372 e. The third kappa shape index (κ3) is 6.50. The molecule has 218 valence electrons. The van der Waals surface area contributed by atoms with Crippen molar-refractivity contribution in [2.45, 2.75) is 51.7 Å². The summed E-state index contributed by atoms with van der Waals surface area (Å²) in [6, 6.07) is 19.7. The lowest BCUT2D eigenvalue weighted by Crippen LogP contribution is -2.51. The standard InChI is InChI=1S/C32H37N7O3/c1-20-10-12-23(13-11-20)34-19-35-28(9-5-6-16-33)31(41)36-21(2)30(40)37-24-14-15-27-22(17-24)18-39-29(38-27)25-7-3-4-8-26(25)32(39)42/h3-4,7-8,10-15,17,21,28,34-35H,5-6,9,16,18-19,33H2,1-2H3,(H,36,41)(H,37,40)/t21?,28-/m0/s1. The number of aliphatic imine (C=N–C) groups is 1. The maximum atomic E-state index is 13.1. The quantitative estimate of drug-likeness (QED) is 0.167. The molecule has 10 nitrogen and oxygen atoms in total. The van der Waals surface area contributed by atoms with Gasteiger partial charge in [0.2, 0.25) is 11.8 Å². The number of nitrogens with two attached hydrogens (primary N) is 1. The zero-order valence-electron chi connectivity index (χ0n) is 23.9. The van der Waals surface area contributed by atoms with Crippen molar-refractivity contribution in [1.82, 2.24) is 15.5 Å². The fourth-order valence-corrected chi connectivity index (χ4v) is 5.10. The highest BCUT2D eigenvalue weighted by Gasteiger charge is 2.36. The van der Waals surface area contributed by atoms with Gasteiger partial charge in [0.25, 0.3) is 5.91 Å². The molecule has 6 N–H and O–H groups in total. The first-order valence-electron chi connectivity index (χ1n) is 14.3. The molecule has 2 aliphatic heterocycles. The fraction of sp³-hybridized carbons (Fsp3) is 0.312. The minimum Gasteiger partial charge on any atom is -0.372 e. The molecule has 5 rings (SSSR count). The highest BCUT2D eigenvalue weighted by Crippen LogP contribution is 2.35. The van der Waals surface area contributed by atoms with Crippen LogP contribution in [0.2, 0.25) is 0 Å². The zero-order valence-corrected chi connectivity index (χ0v) is 23.9. The Bertz CT molecular complexity index is 1500. The molecule has 0 bridgehead atoms. The van der Waals surface area contributed by atoms with Crippen LogP contribution < -0.4 is 27.0 Å². The molecular formula is C32H37N7O3. The van der Waals surface area contributed by atoms with Crippen molar-refractivity contribution in [3.63, 3.8) is 0 Å². The van der Waals surface area contributed by atoms with E-state index in [2.05, 4.69) is 21.3 Å². The summed E-state index contributed by atoms with van der Waals surface area (Å²) in [7, 11) is 0. The van der Waals surface area contributed by atoms with Crippen LogP contribution in [0.1, 0.15) is 53.2 Å². The van der Waals surface area contributed by atoms with Crippen molar-refractivity contribution in [3.8, 4) is 0 Å². The number of nitrogens with one attached hydrogen (secondary N) is 4. The second-order valence-corrected chi connectivity index (χ2v) is 10.7. The number of amidine groups is 1.